The molecular formula is C33H34FN7O3. The fourth-order valence-electron chi connectivity index (χ4n) is 6.36. The second-order valence-electron chi connectivity index (χ2n) is 11.7. The summed E-state index contributed by atoms with van der Waals surface area (Å²) < 4.78 is 22.3. The van der Waals surface area contributed by atoms with Crippen LogP contribution in [0.4, 0.5) is 16.0 Å². The van der Waals surface area contributed by atoms with E-state index in [-0.39, 0.29) is 17.5 Å². The zero-order valence-electron chi connectivity index (χ0n) is 24.5. The summed E-state index contributed by atoms with van der Waals surface area (Å²) in [5, 5.41) is 18.5. The number of carboxylic acid groups (broad SMARTS) is 1. The highest BCUT2D eigenvalue weighted by Crippen LogP contribution is 2.30. The number of nitriles is 1. The van der Waals surface area contributed by atoms with Crippen molar-refractivity contribution < 1.29 is 19.0 Å². The van der Waals surface area contributed by atoms with Crippen LogP contribution in [0.1, 0.15) is 39.3 Å². The van der Waals surface area contributed by atoms with E-state index in [4.69, 9.17) is 20.0 Å². The minimum atomic E-state index is -0.944. The Morgan fingerprint density at radius 1 is 1.07 bits per heavy atom. The number of imidazole rings is 1. The van der Waals surface area contributed by atoms with Crippen molar-refractivity contribution in [3.63, 3.8) is 0 Å². The van der Waals surface area contributed by atoms with Gasteiger partial charge in [0.1, 0.15) is 23.3 Å². The number of hydrogen-bond donors (Lipinski definition) is 1. The van der Waals surface area contributed by atoms with Crippen molar-refractivity contribution in [3.05, 3.63) is 82.4 Å². The van der Waals surface area contributed by atoms with Crippen LogP contribution in [-0.4, -0.2) is 82.5 Å². The number of halogens is 1. The van der Waals surface area contributed by atoms with E-state index >= 15 is 0 Å². The van der Waals surface area contributed by atoms with Gasteiger partial charge in [-0.05, 0) is 66.8 Å². The van der Waals surface area contributed by atoms with E-state index in [1.165, 1.54) is 11.6 Å². The fourth-order valence-corrected chi connectivity index (χ4v) is 6.36. The summed E-state index contributed by atoms with van der Waals surface area (Å²) in [6.07, 6.45) is 2.60. The molecule has 226 valence electrons. The summed E-state index contributed by atoms with van der Waals surface area (Å²) in [5.41, 5.74) is 4.06. The quantitative estimate of drug-likeness (QED) is 0.308. The molecule has 44 heavy (non-hydrogen) atoms. The first-order valence-corrected chi connectivity index (χ1v) is 15.2. The summed E-state index contributed by atoms with van der Waals surface area (Å²) >= 11 is 0. The van der Waals surface area contributed by atoms with Crippen molar-refractivity contribution in [2.45, 2.75) is 38.5 Å². The van der Waals surface area contributed by atoms with E-state index in [0.717, 1.165) is 80.7 Å². The van der Waals surface area contributed by atoms with Gasteiger partial charge in [-0.3, -0.25) is 4.90 Å². The van der Waals surface area contributed by atoms with Gasteiger partial charge in [-0.1, -0.05) is 12.1 Å². The molecule has 5 heterocycles. The number of benzene rings is 2. The highest BCUT2D eigenvalue weighted by molar-refractivity contribution is 5.92. The molecule has 0 amide bonds. The second kappa shape index (κ2) is 11.9. The SMILES string of the molecule is N#Cc1ccc(CCN2CCc3ccc(N4CCN(Cc5nc6ccc(C(=O)O)cc6n5C[C@@H]5CCO5)CC4)nc32)c(F)c1. The zero-order chi connectivity index (χ0) is 30.2. The van der Waals surface area contributed by atoms with Crippen LogP contribution in [0.3, 0.4) is 0 Å². The van der Waals surface area contributed by atoms with Gasteiger partial charge in [-0.2, -0.15) is 5.26 Å². The number of pyridine rings is 1. The Labute approximate surface area is 254 Å². The molecule has 11 heteroatoms. The van der Waals surface area contributed by atoms with Gasteiger partial charge in [0.25, 0.3) is 0 Å². The van der Waals surface area contributed by atoms with E-state index in [1.807, 2.05) is 6.07 Å². The molecule has 2 aromatic heterocycles. The summed E-state index contributed by atoms with van der Waals surface area (Å²) in [5.74, 6) is 1.58. The Hall–Kier alpha value is -4.53. The minimum Gasteiger partial charge on any atom is -0.478 e. The van der Waals surface area contributed by atoms with E-state index in [2.05, 4.69) is 31.4 Å². The molecule has 2 aromatic carbocycles. The molecule has 0 spiro atoms. The molecule has 0 unspecified atom stereocenters. The van der Waals surface area contributed by atoms with Crippen molar-refractivity contribution in [1.82, 2.24) is 19.4 Å². The summed E-state index contributed by atoms with van der Waals surface area (Å²) in [7, 11) is 0. The molecular weight excluding hydrogens is 561 g/mol. The third-order valence-corrected chi connectivity index (χ3v) is 9.04. The van der Waals surface area contributed by atoms with Crippen LogP contribution in [0.25, 0.3) is 11.0 Å². The predicted molar refractivity (Wildman–Crippen MR) is 164 cm³/mol. The molecule has 1 atom stereocenters. The van der Waals surface area contributed by atoms with E-state index in [9.17, 15) is 14.3 Å². The van der Waals surface area contributed by atoms with Crippen LogP contribution in [-0.2, 0) is 30.7 Å². The van der Waals surface area contributed by atoms with Crippen molar-refractivity contribution in [1.29, 1.82) is 5.26 Å². The molecule has 0 radical (unpaired) electrons. The maximum atomic E-state index is 14.5. The monoisotopic (exact) mass is 595 g/mol. The molecule has 2 saturated heterocycles. The molecule has 10 nitrogen and oxygen atoms in total. The molecule has 0 bridgehead atoms. The number of nitrogens with zero attached hydrogens (tertiary/aromatic N) is 7. The van der Waals surface area contributed by atoms with E-state index in [0.29, 0.717) is 37.2 Å². The third-order valence-electron chi connectivity index (χ3n) is 9.04. The van der Waals surface area contributed by atoms with Gasteiger partial charge in [0, 0.05) is 45.9 Å². The third kappa shape index (κ3) is 5.58. The fraction of sp³-hybridized carbons (Fsp3) is 0.394. The molecule has 3 aliphatic heterocycles. The van der Waals surface area contributed by atoms with Gasteiger partial charge in [0.2, 0.25) is 0 Å². The number of ether oxygens (including phenoxy) is 1. The number of carboxylic acids is 1. The largest absolute Gasteiger partial charge is 0.478 e. The van der Waals surface area contributed by atoms with Gasteiger partial charge in [0.05, 0.1) is 47.4 Å². The van der Waals surface area contributed by atoms with Crippen LogP contribution in [0.2, 0.25) is 0 Å². The molecule has 7 rings (SSSR count). The van der Waals surface area contributed by atoms with Crippen LogP contribution in [0, 0.1) is 17.1 Å². The van der Waals surface area contributed by atoms with Crippen molar-refractivity contribution in [3.8, 4) is 6.07 Å². The normalized spacial score (nSPS) is 18.3. The number of hydrogen-bond acceptors (Lipinski definition) is 8. The summed E-state index contributed by atoms with van der Waals surface area (Å²) in [6, 6.07) is 16.1. The first-order valence-electron chi connectivity index (χ1n) is 15.2. The Morgan fingerprint density at radius 2 is 1.91 bits per heavy atom. The number of piperazine rings is 1. The lowest BCUT2D eigenvalue weighted by molar-refractivity contribution is -0.0592. The predicted octanol–water partition coefficient (Wildman–Crippen LogP) is 3.86. The van der Waals surface area contributed by atoms with Gasteiger partial charge in [-0.25, -0.2) is 19.2 Å². The van der Waals surface area contributed by atoms with Gasteiger partial charge in [0.15, 0.2) is 0 Å². The molecule has 0 aliphatic carbocycles. The highest BCUT2D eigenvalue weighted by atomic mass is 19.1. The van der Waals surface area contributed by atoms with Crippen LogP contribution < -0.4 is 9.80 Å². The average Bonchev–Trinajstić information content (AvgIpc) is 3.58. The highest BCUT2D eigenvalue weighted by Gasteiger charge is 2.27. The standard InChI is InChI=1S/C33H34FN7O3/c34-27-17-22(19-35)1-2-23(27)7-10-40-11-8-24-4-6-30(37-32(24)40)39-14-12-38(13-15-39)21-31-36-28-5-3-25(33(42)43)18-29(28)41(31)20-26-9-16-44-26/h1-6,17-18,26H,7-16,20-21H2,(H,42,43)/t26-/m0/s1. The molecule has 4 aromatic rings. The van der Waals surface area contributed by atoms with E-state index < -0.39 is 5.97 Å². The number of carbonyl (C=O) groups is 1. The van der Waals surface area contributed by atoms with Crippen LogP contribution in [0.15, 0.2) is 48.5 Å². The minimum absolute atomic E-state index is 0.130. The molecule has 2 fully saturated rings. The average molecular weight is 596 g/mol. The number of rotatable bonds is 9. The number of aromatic carboxylic acids is 1. The van der Waals surface area contributed by atoms with Gasteiger partial charge in [-0.15, -0.1) is 0 Å². The smallest absolute Gasteiger partial charge is 0.335 e. The first kappa shape index (κ1) is 28.3. The topological polar surface area (TPSA) is 111 Å². The first-order chi connectivity index (χ1) is 21.4. The van der Waals surface area contributed by atoms with Gasteiger partial charge >= 0.3 is 5.97 Å². The number of anilines is 2. The Morgan fingerprint density at radius 3 is 2.64 bits per heavy atom. The summed E-state index contributed by atoms with van der Waals surface area (Å²) in [6.45, 7) is 7.00. The van der Waals surface area contributed by atoms with Crippen molar-refractivity contribution >= 4 is 28.6 Å². The van der Waals surface area contributed by atoms with Crippen LogP contribution in [0.5, 0.6) is 0 Å². The maximum absolute atomic E-state index is 14.5. The molecule has 3 aliphatic rings. The van der Waals surface area contributed by atoms with Crippen molar-refractivity contribution in [2.24, 2.45) is 0 Å². The summed E-state index contributed by atoms with van der Waals surface area (Å²) in [4.78, 5) is 28.5. The Kier molecular flexibility index (Phi) is 7.62. The lowest BCUT2D eigenvalue weighted by Crippen LogP contribution is -2.46. The molecule has 1 N–H and O–H groups in total. The zero-order valence-corrected chi connectivity index (χ0v) is 24.5. The lowest BCUT2D eigenvalue weighted by Gasteiger charge is -2.36. The Bertz CT molecular complexity index is 1750. The number of aromatic nitrogens is 3. The molecule has 0 saturated carbocycles. The van der Waals surface area contributed by atoms with Crippen molar-refractivity contribution in [2.75, 3.05) is 55.7 Å². The second-order valence-corrected chi connectivity index (χ2v) is 11.7. The Balaban J connectivity index is 1.01. The van der Waals surface area contributed by atoms with Crippen LogP contribution >= 0.6 is 0 Å². The van der Waals surface area contributed by atoms with Gasteiger partial charge < -0.3 is 24.2 Å². The maximum Gasteiger partial charge on any atom is 0.335 e. The number of fused-ring (bicyclic) bond motifs is 2. The lowest BCUT2D eigenvalue weighted by atomic mass is 10.1. The van der Waals surface area contributed by atoms with E-state index in [1.54, 1.807) is 30.3 Å².